The third kappa shape index (κ3) is 3.65. The first-order valence-electron chi connectivity index (χ1n) is 8.22. The van der Waals surface area contributed by atoms with E-state index in [9.17, 15) is 9.59 Å². The second-order valence-electron chi connectivity index (χ2n) is 6.21. The maximum Gasteiger partial charge on any atom is 0.264 e. The van der Waals surface area contributed by atoms with Crippen molar-refractivity contribution in [3.63, 3.8) is 0 Å². The lowest BCUT2D eigenvalue weighted by atomic mass is 10.2. The van der Waals surface area contributed by atoms with Crippen LogP contribution in [0, 0.1) is 13.8 Å². The van der Waals surface area contributed by atoms with Gasteiger partial charge in [0.25, 0.3) is 5.56 Å². The van der Waals surface area contributed by atoms with Crippen molar-refractivity contribution in [2.24, 2.45) is 0 Å². The van der Waals surface area contributed by atoms with Gasteiger partial charge in [0.05, 0.1) is 6.26 Å². The Kier molecular flexibility index (Phi) is 4.74. The molecule has 0 saturated heterocycles. The summed E-state index contributed by atoms with van der Waals surface area (Å²) in [6.07, 6.45) is 3.86. The van der Waals surface area contributed by atoms with Gasteiger partial charge in [0.2, 0.25) is 11.6 Å². The number of carbonyl (C=O) groups is 1. The molecule has 0 saturated carbocycles. The predicted molar refractivity (Wildman–Crippen MR) is 92.4 cm³/mol. The fraction of sp³-hybridized carbons (Fsp3) is 0.389. The zero-order valence-corrected chi connectivity index (χ0v) is 14.5. The van der Waals surface area contributed by atoms with Crippen molar-refractivity contribution in [2.45, 2.75) is 46.2 Å². The van der Waals surface area contributed by atoms with Crippen molar-refractivity contribution in [3.05, 3.63) is 52.2 Å². The number of nitrogens with zero attached hydrogens (tertiary/aromatic N) is 2. The van der Waals surface area contributed by atoms with Gasteiger partial charge >= 0.3 is 0 Å². The molecule has 7 nitrogen and oxygen atoms in total. The molecular weight excluding hydrogens is 322 g/mol. The van der Waals surface area contributed by atoms with Gasteiger partial charge in [-0.3, -0.25) is 14.2 Å². The molecular formula is C18H21N3O4. The first-order chi connectivity index (χ1) is 12.0. The van der Waals surface area contributed by atoms with Crippen LogP contribution >= 0.6 is 0 Å². The van der Waals surface area contributed by atoms with Crippen LogP contribution in [-0.2, 0) is 17.8 Å². The van der Waals surface area contributed by atoms with E-state index in [0.717, 1.165) is 11.3 Å². The second kappa shape index (κ2) is 6.96. The Hall–Kier alpha value is -2.83. The summed E-state index contributed by atoms with van der Waals surface area (Å²) in [6, 6.07) is 3.65. The van der Waals surface area contributed by atoms with Crippen molar-refractivity contribution in [3.8, 4) is 0 Å². The highest BCUT2D eigenvalue weighted by atomic mass is 16.3. The van der Waals surface area contributed by atoms with Gasteiger partial charge in [-0.25, -0.2) is 4.98 Å². The van der Waals surface area contributed by atoms with Crippen LogP contribution < -0.4 is 10.9 Å². The average Bonchev–Trinajstić information content (AvgIpc) is 3.15. The molecule has 132 valence electrons. The standard InChI is InChI=1S/C18H21N3O4/c1-11(9-14-5-4-8-24-14)20-15(22)6-7-21-10-19-17-16(18(21)23)12(2)13(3)25-17/h4-5,8,10-11H,6-7,9H2,1-3H3,(H,20,22)/t11-/m0/s1. The van der Waals surface area contributed by atoms with Gasteiger partial charge in [0, 0.05) is 31.0 Å². The van der Waals surface area contributed by atoms with E-state index in [1.165, 1.54) is 10.9 Å². The molecule has 0 spiro atoms. The Balaban J connectivity index is 1.62. The molecule has 0 aliphatic rings. The van der Waals surface area contributed by atoms with Crippen LogP contribution in [0.3, 0.4) is 0 Å². The zero-order valence-electron chi connectivity index (χ0n) is 14.5. The van der Waals surface area contributed by atoms with E-state index < -0.39 is 0 Å². The summed E-state index contributed by atoms with van der Waals surface area (Å²) in [5.41, 5.74) is 0.946. The molecule has 0 aromatic carbocycles. The van der Waals surface area contributed by atoms with Gasteiger partial charge in [0.15, 0.2) is 0 Å². The number of hydrogen-bond acceptors (Lipinski definition) is 5. The highest BCUT2D eigenvalue weighted by molar-refractivity contribution is 5.78. The Labute approximate surface area is 144 Å². The molecule has 3 aromatic rings. The van der Waals surface area contributed by atoms with Crippen molar-refractivity contribution >= 4 is 17.0 Å². The van der Waals surface area contributed by atoms with Crippen LogP contribution in [0.2, 0.25) is 0 Å². The molecule has 3 rings (SSSR count). The van der Waals surface area contributed by atoms with E-state index in [4.69, 9.17) is 8.83 Å². The number of furan rings is 2. The summed E-state index contributed by atoms with van der Waals surface area (Å²) in [5, 5.41) is 3.39. The number of aromatic nitrogens is 2. The Morgan fingerprint density at radius 3 is 2.92 bits per heavy atom. The average molecular weight is 343 g/mol. The molecule has 0 unspecified atom stereocenters. The molecule has 25 heavy (non-hydrogen) atoms. The van der Waals surface area contributed by atoms with E-state index in [-0.39, 0.29) is 30.5 Å². The van der Waals surface area contributed by atoms with Crippen molar-refractivity contribution < 1.29 is 13.6 Å². The van der Waals surface area contributed by atoms with Crippen LogP contribution in [0.4, 0.5) is 0 Å². The number of fused-ring (bicyclic) bond motifs is 1. The molecule has 0 fully saturated rings. The molecule has 0 aliphatic carbocycles. The van der Waals surface area contributed by atoms with E-state index >= 15 is 0 Å². The first kappa shape index (κ1) is 17.0. The summed E-state index contributed by atoms with van der Waals surface area (Å²) < 4.78 is 12.2. The van der Waals surface area contributed by atoms with Gasteiger partial charge in [-0.05, 0) is 32.9 Å². The zero-order chi connectivity index (χ0) is 18.0. The lowest BCUT2D eigenvalue weighted by Crippen LogP contribution is -2.35. The number of rotatable bonds is 6. The summed E-state index contributed by atoms with van der Waals surface area (Å²) in [6.45, 7) is 5.81. The largest absolute Gasteiger partial charge is 0.469 e. The molecule has 3 aromatic heterocycles. The highest BCUT2D eigenvalue weighted by Gasteiger charge is 2.15. The highest BCUT2D eigenvalue weighted by Crippen LogP contribution is 2.19. The normalized spacial score (nSPS) is 12.4. The third-order valence-corrected chi connectivity index (χ3v) is 4.23. The topological polar surface area (TPSA) is 90.3 Å². The molecule has 3 heterocycles. The number of aryl methyl sites for hydroxylation is 3. The molecule has 0 radical (unpaired) electrons. The van der Waals surface area contributed by atoms with Crippen molar-refractivity contribution in [1.82, 2.24) is 14.9 Å². The van der Waals surface area contributed by atoms with Crippen LogP contribution in [0.25, 0.3) is 11.1 Å². The maximum absolute atomic E-state index is 12.5. The van der Waals surface area contributed by atoms with Gasteiger partial charge < -0.3 is 14.2 Å². The smallest absolute Gasteiger partial charge is 0.264 e. The van der Waals surface area contributed by atoms with E-state index in [1.807, 2.05) is 26.0 Å². The van der Waals surface area contributed by atoms with Crippen LogP contribution in [0.15, 0.2) is 38.4 Å². The van der Waals surface area contributed by atoms with Gasteiger partial charge in [0.1, 0.15) is 23.2 Å². The summed E-state index contributed by atoms with van der Waals surface area (Å²) >= 11 is 0. The number of nitrogens with one attached hydrogen (secondary N) is 1. The summed E-state index contributed by atoms with van der Waals surface area (Å²) in [4.78, 5) is 28.8. The lowest BCUT2D eigenvalue weighted by molar-refractivity contribution is -0.121. The molecule has 1 N–H and O–H groups in total. The van der Waals surface area contributed by atoms with E-state index in [1.54, 1.807) is 13.2 Å². The number of amides is 1. The quantitative estimate of drug-likeness (QED) is 0.742. The van der Waals surface area contributed by atoms with Crippen molar-refractivity contribution in [1.29, 1.82) is 0 Å². The summed E-state index contributed by atoms with van der Waals surface area (Å²) in [5.74, 6) is 1.39. The van der Waals surface area contributed by atoms with Gasteiger partial charge in [-0.2, -0.15) is 0 Å². The van der Waals surface area contributed by atoms with Crippen molar-refractivity contribution in [2.75, 3.05) is 0 Å². The SMILES string of the molecule is Cc1oc2ncn(CCC(=O)N[C@@H](C)Cc3ccco3)c(=O)c2c1C. The summed E-state index contributed by atoms with van der Waals surface area (Å²) in [7, 11) is 0. The number of carbonyl (C=O) groups excluding carboxylic acids is 1. The third-order valence-electron chi connectivity index (χ3n) is 4.23. The maximum atomic E-state index is 12.5. The van der Waals surface area contributed by atoms with Gasteiger partial charge in [-0.1, -0.05) is 0 Å². The fourth-order valence-electron chi connectivity index (χ4n) is 2.78. The lowest BCUT2D eigenvalue weighted by Gasteiger charge is -2.13. The predicted octanol–water partition coefficient (Wildman–Crippen LogP) is 2.34. The second-order valence-corrected chi connectivity index (χ2v) is 6.21. The molecule has 7 heteroatoms. The van der Waals surface area contributed by atoms with Crippen LogP contribution in [0.1, 0.15) is 30.4 Å². The molecule has 1 amide bonds. The Morgan fingerprint density at radius 2 is 2.20 bits per heavy atom. The number of hydrogen-bond donors (Lipinski definition) is 1. The van der Waals surface area contributed by atoms with Crippen LogP contribution in [-0.4, -0.2) is 21.5 Å². The molecule has 0 aliphatic heterocycles. The van der Waals surface area contributed by atoms with Crippen LogP contribution in [0.5, 0.6) is 0 Å². The monoisotopic (exact) mass is 343 g/mol. The van der Waals surface area contributed by atoms with E-state index in [2.05, 4.69) is 10.3 Å². The van der Waals surface area contributed by atoms with E-state index in [0.29, 0.717) is 23.3 Å². The van der Waals surface area contributed by atoms with Gasteiger partial charge in [-0.15, -0.1) is 0 Å². The minimum atomic E-state index is -0.184. The Morgan fingerprint density at radius 1 is 1.40 bits per heavy atom. The minimum absolute atomic E-state index is 0.0465. The first-order valence-corrected chi connectivity index (χ1v) is 8.22. The Bertz CT molecular complexity index is 937. The molecule has 1 atom stereocenters. The minimum Gasteiger partial charge on any atom is -0.469 e. The fourth-order valence-corrected chi connectivity index (χ4v) is 2.78. The molecule has 0 bridgehead atoms.